The zero-order valence-electron chi connectivity index (χ0n) is 11.7. The van der Waals surface area contributed by atoms with E-state index in [1.165, 1.54) is 16.3 Å². The summed E-state index contributed by atoms with van der Waals surface area (Å²) in [6.45, 7) is 12.7. The van der Waals surface area contributed by atoms with Crippen molar-refractivity contribution in [1.29, 1.82) is 0 Å². The second-order valence-corrected chi connectivity index (χ2v) is 5.14. The number of aromatic nitrogens is 2. The number of imidazole rings is 1. The minimum absolute atomic E-state index is 0.921. The Kier molecular flexibility index (Phi) is 2.49. The number of rotatable bonds is 1. The minimum atomic E-state index is 0.921. The van der Waals surface area contributed by atoms with Crippen molar-refractivity contribution in [3.8, 4) is 0 Å². The number of fused-ring (bicyclic) bond motifs is 3. The zero-order valence-corrected chi connectivity index (χ0v) is 11.7. The Morgan fingerprint density at radius 3 is 2.58 bits per heavy atom. The van der Waals surface area contributed by atoms with Gasteiger partial charge in [0.1, 0.15) is 5.82 Å². The fraction of sp³-hybridized carbons (Fsp3) is 0.235. The Hall–Kier alpha value is -2.09. The van der Waals surface area contributed by atoms with Crippen LogP contribution in [0.3, 0.4) is 0 Å². The van der Waals surface area contributed by atoms with E-state index in [9.17, 15) is 0 Å². The molecule has 0 aliphatic heterocycles. The lowest BCUT2D eigenvalue weighted by Crippen LogP contribution is -2.25. The van der Waals surface area contributed by atoms with Crippen molar-refractivity contribution < 1.29 is 0 Å². The molecule has 0 N–H and O–H groups in total. The summed E-state index contributed by atoms with van der Waals surface area (Å²) in [5.74, 6) is 1.09. The summed E-state index contributed by atoms with van der Waals surface area (Å²) in [5.41, 5.74) is 3.40. The minimum Gasteiger partial charge on any atom is -0.331 e. The molecule has 0 unspecified atom stereocenters. The predicted octanol–water partition coefficient (Wildman–Crippen LogP) is 2.42. The summed E-state index contributed by atoms with van der Waals surface area (Å²) >= 11 is 0. The average Bonchev–Trinajstić information content (AvgIpc) is 2.73. The first kappa shape index (κ1) is 12.0. The first-order valence-electron chi connectivity index (χ1n) is 6.60. The van der Waals surface area contributed by atoms with Crippen LogP contribution in [-0.2, 0) is 13.5 Å². The van der Waals surface area contributed by atoms with Crippen molar-refractivity contribution in [3.63, 3.8) is 0 Å². The van der Waals surface area contributed by atoms with Crippen LogP contribution in [0.1, 0.15) is 18.3 Å². The van der Waals surface area contributed by atoms with Crippen LogP contribution in [0.5, 0.6) is 0 Å². The Morgan fingerprint density at radius 1 is 1.16 bits per heavy atom. The third-order valence-electron chi connectivity index (χ3n) is 3.91. The van der Waals surface area contributed by atoms with E-state index >= 15 is 0 Å². The molecule has 0 fully saturated rings. The van der Waals surface area contributed by atoms with E-state index in [2.05, 4.69) is 56.8 Å². The summed E-state index contributed by atoms with van der Waals surface area (Å²) < 4.78 is 2.14. The van der Waals surface area contributed by atoms with Gasteiger partial charge in [0.15, 0.2) is 0 Å². The Labute approximate surface area is 112 Å². The van der Waals surface area contributed by atoms with Gasteiger partial charge in [0.05, 0.1) is 11.0 Å². The van der Waals surface area contributed by atoms with Crippen LogP contribution >= 0.6 is 0 Å². The summed E-state index contributed by atoms with van der Waals surface area (Å²) in [7, 11) is 2.06. The number of nitrogens with zero attached hydrogens (tertiary/aromatic N) is 2. The van der Waals surface area contributed by atoms with Gasteiger partial charge in [0.25, 0.3) is 0 Å². The highest BCUT2D eigenvalue weighted by Gasteiger charge is 2.11. The maximum atomic E-state index is 4.79. The van der Waals surface area contributed by atoms with Gasteiger partial charge in [0, 0.05) is 24.1 Å². The Morgan fingerprint density at radius 2 is 1.89 bits per heavy atom. The van der Waals surface area contributed by atoms with Crippen LogP contribution in [0.4, 0.5) is 0 Å². The lowest BCUT2D eigenvalue weighted by atomic mass is 10.0. The molecule has 2 aromatic carbocycles. The summed E-state index contributed by atoms with van der Waals surface area (Å²) in [6, 6.07) is 6.45. The molecule has 2 heteroatoms. The molecule has 3 aromatic rings. The molecule has 0 saturated heterocycles. The van der Waals surface area contributed by atoms with Crippen molar-refractivity contribution in [2.45, 2.75) is 20.3 Å². The maximum absolute atomic E-state index is 4.79. The molecule has 0 aliphatic carbocycles. The molecule has 0 amide bonds. The Bertz CT molecular complexity index is 901. The van der Waals surface area contributed by atoms with Gasteiger partial charge < -0.3 is 4.57 Å². The molecule has 0 spiro atoms. The van der Waals surface area contributed by atoms with Gasteiger partial charge in [-0.3, -0.25) is 0 Å². The van der Waals surface area contributed by atoms with Crippen LogP contribution in [0, 0.1) is 6.92 Å². The summed E-state index contributed by atoms with van der Waals surface area (Å²) in [5, 5.41) is 4.34. The Balaban J connectivity index is 2.69. The molecule has 1 heterocycles. The third-order valence-corrected chi connectivity index (χ3v) is 3.91. The number of hydrogen-bond donors (Lipinski definition) is 0. The number of benzene rings is 2. The van der Waals surface area contributed by atoms with Gasteiger partial charge in [-0.2, -0.15) is 0 Å². The topological polar surface area (TPSA) is 17.8 Å². The van der Waals surface area contributed by atoms with Crippen molar-refractivity contribution in [3.05, 3.63) is 40.0 Å². The van der Waals surface area contributed by atoms with Crippen LogP contribution in [-0.4, -0.2) is 9.55 Å². The molecule has 0 radical (unpaired) electrons. The first-order valence-corrected chi connectivity index (χ1v) is 6.60. The zero-order chi connectivity index (χ0) is 13.7. The van der Waals surface area contributed by atoms with Crippen LogP contribution in [0.2, 0.25) is 0 Å². The fourth-order valence-electron chi connectivity index (χ4n) is 2.81. The van der Waals surface area contributed by atoms with Crippen LogP contribution < -0.4 is 10.4 Å². The molecule has 96 valence electrons. The second-order valence-electron chi connectivity index (χ2n) is 5.14. The standard InChI is InChI=1S/C17H18N2/c1-6-15-18-16-13-8-7-10(2)9-14(13)11(3)12(4)17(16)19(15)5/h7-9H,3-4,6H2,1-2,5H3. The summed E-state index contributed by atoms with van der Waals surface area (Å²) in [4.78, 5) is 4.79. The van der Waals surface area contributed by atoms with E-state index in [0.717, 1.165) is 33.7 Å². The van der Waals surface area contributed by atoms with Crippen molar-refractivity contribution in [2.75, 3.05) is 0 Å². The smallest absolute Gasteiger partial charge is 0.109 e. The molecule has 1 aromatic heterocycles. The van der Waals surface area contributed by atoms with Gasteiger partial charge in [0.2, 0.25) is 0 Å². The quantitative estimate of drug-likeness (QED) is 0.648. The van der Waals surface area contributed by atoms with E-state index in [0.29, 0.717) is 0 Å². The highest BCUT2D eigenvalue weighted by Crippen LogP contribution is 2.21. The van der Waals surface area contributed by atoms with E-state index in [4.69, 9.17) is 4.98 Å². The van der Waals surface area contributed by atoms with Gasteiger partial charge in [-0.25, -0.2) is 4.98 Å². The van der Waals surface area contributed by atoms with Gasteiger partial charge in [-0.05, 0) is 17.5 Å². The predicted molar refractivity (Wildman–Crippen MR) is 82.6 cm³/mol. The molecule has 3 rings (SSSR count). The van der Waals surface area contributed by atoms with Crippen molar-refractivity contribution >= 4 is 35.0 Å². The van der Waals surface area contributed by atoms with E-state index in [-0.39, 0.29) is 0 Å². The van der Waals surface area contributed by atoms with Crippen LogP contribution in [0.25, 0.3) is 35.0 Å². The average molecular weight is 250 g/mol. The maximum Gasteiger partial charge on any atom is 0.109 e. The molecular weight excluding hydrogens is 232 g/mol. The second kappa shape index (κ2) is 3.95. The molecule has 0 bridgehead atoms. The van der Waals surface area contributed by atoms with Crippen molar-refractivity contribution in [2.24, 2.45) is 7.05 Å². The monoisotopic (exact) mass is 250 g/mol. The largest absolute Gasteiger partial charge is 0.331 e. The normalized spacial score (nSPS) is 11.5. The lowest BCUT2D eigenvalue weighted by molar-refractivity contribution is 0.827. The van der Waals surface area contributed by atoms with E-state index < -0.39 is 0 Å². The third kappa shape index (κ3) is 1.53. The van der Waals surface area contributed by atoms with Crippen LogP contribution in [0.15, 0.2) is 18.2 Å². The van der Waals surface area contributed by atoms with Crippen molar-refractivity contribution in [1.82, 2.24) is 9.55 Å². The first-order chi connectivity index (χ1) is 9.04. The number of aryl methyl sites for hydroxylation is 3. The molecule has 2 nitrogen and oxygen atoms in total. The highest BCUT2D eigenvalue weighted by atomic mass is 15.1. The fourth-order valence-corrected chi connectivity index (χ4v) is 2.81. The SMILES string of the molecule is C=c1c(=C)c2c(nc(CC)n2C)c2ccc(C)cc12. The van der Waals surface area contributed by atoms with E-state index in [1.807, 2.05) is 0 Å². The molecule has 0 atom stereocenters. The molecular formula is C17H18N2. The number of hydrogen-bond acceptors (Lipinski definition) is 1. The molecule has 0 saturated carbocycles. The van der Waals surface area contributed by atoms with Gasteiger partial charge >= 0.3 is 0 Å². The van der Waals surface area contributed by atoms with Gasteiger partial charge in [-0.1, -0.05) is 43.8 Å². The molecule has 0 aliphatic rings. The summed E-state index contributed by atoms with van der Waals surface area (Å²) in [6.07, 6.45) is 0.921. The highest BCUT2D eigenvalue weighted by molar-refractivity contribution is 6.05. The van der Waals surface area contributed by atoms with E-state index in [1.54, 1.807) is 0 Å². The van der Waals surface area contributed by atoms with Gasteiger partial charge in [-0.15, -0.1) is 0 Å². The molecule has 19 heavy (non-hydrogen) atoms. The lowest BCUT2D eigenvalue weighted by Gasteiger charge is -2.04.